The highest BCUT2D eigenvalue weighted by Crippen LogP contribution is 2.34. The van der Waals surface area contributed by atoms with E-state index in [4.69, 9.17) is 32.7 Å². The molecule has 0 atom stereocenters. The third-order valence-corrected chi connectivity index (χ3v) is 4.20. The number of hydrogen-bond donors (Lipinski definition) is 0. The van der Waals surface area contributed by atoms with E-state index >= 15 is 0 Å². The lowest BCUT2D eigenvalue weighted by molar-refractivity contribution is 0.243. The van der Waals surface area contributed by atoms with Gasteiger partial charge < -0.3 is 9.47 Å². The predicted molar refractivity (Wildman–Crippen MR) is 99.4 cm³/mol. The van der Waals surface area contributed by atoms with Crippen LogP contribution in [-0.2, 0) is 0 Å². The fourth-order valence-electron chi connectivity index (χ4n) is 2.44. The standard InChI is InChI=1S/C19H24Cl2O2/c1-14(2)23-16-8-9-17-15(13-16)7-10-18(19(17)21)22-12-6-4-3-5-11-20/h7-10,13-14H,3-6,11-12H2,1-2H3. The van der Waals surface area contributed by atoms with Gasteiger partial charge in [0, 0.05) is 11.3 Å². The van der Waals surface area contributed by atoms with Crippen LogP contribution in [0.4, 0.5) is 0 Å². The second-order valence-electron chi connectivity index (χ2n) is 5.88. The minimum Gasteiger partial charge on any atom is -0.492 e. The first-order valence-electron chi connectivity index (χ1n) is 8.19. The quantitative estimate of drug-likeness (QED) is 0.380. The number of benzene rings is 2. The van der Waals surface area contributed by atoms with E-state index in [1.165, 1.54) is 0 Å². The zero-order valence-electron chi connectivity index (χ0n) is 13.8. The molecule has 2 rings (SSSR count). The van der Waals surface area contributed by atoms with Gasteiger partial charge in [0.2, 0.25) is 0 Å². The van der Waals surface area contributed by atoms with Crippen molar-refractivity contribution in [2.45, 2.75) is 45.6 Å². The highest BCUT2D eigenvalue weighted by Gasteiger charge is 2.08. The van der Waals surface area contributed by atoms with Crippen LogP contribution in [0.25, 0.3) is 10.8 Å². The summed E-state index contributed by atoms with van der Waals surface area (Å²) in [7, 11) is 0. The van der Waals surface area contributed by atoms with Crippen LogP contribution in [0.1, 0.15) is 39.5 Å². The molecule has 0 unspecified atom stereocenters. The van der Waals surface area contributed by atoms with Crippen molar-refractivity contribution in [2.24, 2.45) is 0 Å². The van der Waals surface area contributed by atoms with Gasteiger partial charge in [0.25, 0.3) is 0 Å². The summed E-state index contributed by atoms with van der Waals surface area (Å²) in [4.78, 5) is 0. The number of hydrogen-bond acceptors (Lipinski definition) is 2. The molecule has 0 N–H and O–H groups in total. The van der Waals surface area contributed by atoms with Crippen LogP contribution < -0.4 is 9.47 Å². The number of ether oxygens (including phenoxy) is 2. The van der Waals surface area contributed by atoms with Gasteiger partial charge in [0.1, 0.15) is 11.5 Å². The molecular formula is C19H24Cl2O2. The molecule has 2 aromatic carbocycles. The van der Waals surface area contributed by atoms with Crippen molar-refractivity contribution in [3.8, 4) is 11.5 Å². The van der Waals surface area contributed by atoms with Crippen LogP contribution in [0.15, 0.2) is 30.3 Å². The molecule has 0 aliphatic rings. The van der Waals surface area contributed by atoms with Crippen LogP contribution in [-0.4, -0.2) is 18.6 Å². The van der Waals surface area contributed by atoms with Crippen molar-refractivity contribution in [1.29, 1.82) is 0 Å². The van der Waals surface area contributed by atoms with Gasteiger partial charge in [-0.2, -0.15) is 0 Å². The molecule has 0 aliphatic carbocycles. The largest absolute Gasteiger partial charge is 0.492 e. The molecule has 0 saturated carbocycles. The summed E-state index contributed by atoms with van der Waals surface area (Å²) in [6, 6.07) is 9.91. The first-order chi connectivity index (χ1) is 11.1. The number of rotatable bonds is 9. The molecule has 2 aromatic rings. The van der Waals surface area contributed by atoms with Crippen LogP contribution in [0, 0.1) is 0 Å². The zero-order chi connectivity index (χ0) is 16.7. The van der Waals surface area contributed by atoms with E-state index in [1.807, 2.05) is 44.2 Å². The van der Waals surface area contributed by atoms with Gasteiger partial charge in [0.05, 0.1) is 17.7 Å². The zero-order valence-corrected chi connectivity index (χ0v) is 15.3. The van der Waals surface area contributed by atoms with Gasteiger partial charge in [-0.25, -0.2) is 0 Å². The summed E-state index contributed by atoms with van der Waals surface area (Å²) >= 11 is 12.1. The predicted octanol–water partition coefficient (Wildman–Crippen LogP) is 6.46. The van der Waals surface area contributed by atoms with Crippen molar-refractivity contribution in [3.63, 3.8) is 0 Å². The lowest BCUT2D eigenvalue weighted by atomic mass is 10.1. The molecule has 0 aromatic heterocycles. The molecule has 0 amide bonds. The van der Waals surface area contributed by atoms with Gasteiger partial charge in [-0.1, -0.05) is 30.5 Å². The van der Waals surface area contributed by atoms with E-state index < -0.39 is 0 Å². The van der Waals surface area contributed by atoms with Gasteiger partial charge in [-0.05, 0) is 56.3 Å². The summed E-state index contributed by atoms with van der Waals surface area (Å²) in [6.45, 7) is 4.71. The van der Waals surface area contributed by atoms with E-state index in [2.05, 4.69) is 0 Å². The monoisotopic (exact) mass is 354 g/mol. The van der Waals surface area contributed by atoms with Gasteiger partial charge >= 0.3 is 0 Å². The Hall–Kier alpha value is -1.12. The first-order valence-corrected chi connectivity index (χ1v) is 9.10. The molecule has 0 heterocycles. The Morgan fingerprint density at radius 2 is 1.78 bits per heavy atom. The fourth-order valence-corrected chi connectivity index (χ4v) is 2.92. The molecule has 2 nitrogen and oxygen atoms in total. The molecule has 126 valence electrons. The third-order valence-electron chi connectivity index (χ3n) is 3.55. The Labute approximate surface area is 148 Å². The molecule has 0 radical (unpaired) electrons. The lowest BCUT2D eigenvalue weighted by Crippen LogP contribution is -2.05. The Balaban J connectivity index is 2.01. The maximum Gasteiger partial charge on any atom is 0.138 e. The number of halogens is 2. The Kier molecular flexibility index (Phi) is 7.32. The molecular weight excluding hydrogens is 331 g/mol. The summed E-state index contributed by atoms with van der Waals surface area (Å²) in [5, 5.41) is 2.71. The second-order valence-corrected chi connectivity index (χ2v) is 6.63. The molecule has 0 bridgehead atoms. The third kappa shape index (κ3) is 5.47. The summed E-state index contributed by atoms with van der Waals surface area (Å²) < 4.78 is 11.5. The Bertz CT molecular complexity index is 626. The summed E-state index contributed by atoms with van der Waals surface area (Å²) in [6.07, 6.45) is 4.53. The van der Waals surface area contributed by atoms with Crippen molar-refractivity contribution in [3.05, 3.63) is 35.4 Å². The average molecular weight is 355 g/mol. The number of fused-ring (bicyclic) bond motifs is 1. The summed E-state index contributed by atoms with van der Waals surface area (Å²) in [5.41, 5.74) is 0. The molecule has 23 heavy (non-hydrogen) atoms. The highest BCUT2D eigenvalue weighted by molar-refractivity contribution is 6.37. The highest BCUT2D eigenvalue weighted by atomic mass is 35.5. The molecule has 4 heteroatoms. The van der Waals surface area contributed by atoms with Crippen molar-refractivity contribution >= 4 is 34.0 Å². The maximum absolute atomic E-state index is 6.48. The Morgan fingerprint density at radius 1 is 1.00 bits per heavy atom. The van der Waals surface area contributed by atoms with Crippen molar-refractivity contribution in [1.82, 2.24) is 0 Å². The second kappa shape index (κ2) is 9.24. The van der Waals surface area contributed by atoms with Crippen molar-refractivity contribution in [2.75, 3.05) is 12.5 Å². The van der Waals surface area contributed by atoms with Gasteiger partial charge in [-0.3, -0.25) is 0 Å². The maximum atomic E-state index is 6.48. The summed E-state index contributed by atoms with van der Waals surface area (Å²) in [5.74, 6) is 2.34. The van der Waals surface area contributed by atoms with Gasteiger partial charge in [0.15, 0.2) is 0 Å². The minimum atomic E-state index is 0.157. The first kappa shape index (κ1) is 18.2. The lowest BCUT2D eigenvalue weighted by Gasteiger charge is -2.13. The van der Waals surface area contributed by atoms with E-state index in [-0.39, 0.29) is 6.10 Å². The Morgan fingerprint density at radius 3 is 2.52 bits per heavy atom. The van der Waals surface area contributed by atoms with E-state index in [0.29, 0.717) is 11.6 Å². The number of alkyl halides is 1. The topological polar surface area (TPSA) is 18.5 Å². The molecule has 0 saturated heterocycles. The smallest absolute Gasteiger partial charge is 0.138 e. The number of unbranched alkanes of at least 4 members (excludes halogenated alkanes) is 3. The van der Waals surface area contributed by atoms with Crippen LogP contribution in [0.3, 0.4) is 0 Å². The SMILES string of the molecule is CC(C)Oc1ccc2c(Cl)c(OCCCCCCCl)ccc2c1. The molecule has 0 fully saturated rings. The molecule has 0 aliphatic heterocycles. The molecule has 0 spiro atoms. The van der Waals surface area contributed by atoms with E-state index in [9.17, 15) is 0 Å². The minimum absolute atomic E-state index is 0.157. The van der Waals surface area contributed by atoms with Gasteiger partial charge in [-0.15, -0.1) is 11.6 Å². The van der Waals surface area contributed by atoms with Crippen molar-refractivity contribution < 1.29 is 9.47 Å². The fraction of sp³-hybridized carbons (Fsp3) is 0.474. The average Bonchev–Trinajstić information content (AvgIpc) is 2.52. The van der Waals surface area contributed by atoms with Crippen LogP contribution in [0.2, 0.25) is 5.02 Å². The van der Waals surface area contributed by atoms with Crippen LogP contribution >= 0.6 is 23.2 Å². The van der Waals surface area contributed by atoms with E-state index in [0.717, 1.165) is 53.8 Å². The van der Waals surface area contributed by atoms with Crippen LogP contribution in [0.5, 0.6) is 11.5 Å². The van der Waals surface area contributed by atoms with E-state index in [1.54, 1.807) is 0 Å². The normalized spacial score (nSPS) is 11.2.